The molecule has 2 aromatic rings. The van der Waals surface area contributed by atoms with Gasteiger partial charge < -0.3 is 5.32 Å². The summed E-state index contributed by atoms with van der Waals surface area (Å²) in [5, 5.41) is 3.23. The van der Waals surface area contributed by atoms with Crippen molar-refractivity contribution >= 4 is 5.82 Å². The molecule has 0 fully saturated rings. The number of rotatable bonds is 3. The van der Waals surface area contributed by atoms with Crippen molar-refractivity contribution in [2.45, 2.75) is 19.9 Å². The van der Waals surface area contributed by atoms with Crippen molar-refractivity contribution in [3.8, 4) is 0 Å². The zero-order chi connectivity index (χ0) is 12.3. The summed E-state index contributed by atoms with van der Waals surface area (Å²) in [6, 6.07) is 10.5. The van der Waals surface area contributed by atoms with Crippen LogP contribution in [-0.4, -0.2) is 4.98 Å². The molecule has 0 aliphatic carbocycles. The molecule has 0 bridgehead atoms. The molecule has 2 nitrogen and oxygen atoms in total. The van der Waals surface area contributed by atoms with Gasteiger partial charge in [-0.1, -0.05) is 18.2 Å². The first-order valence-corrected chi connectivity index (χ1v) is 5.60. The highest BCUT2D eigenvalue weighted by Gasteiger charge is 2.06. The number of hydrogen-bond donors (Lipinski definition) is 1. The first-order valence-electron chi connectivity index (χ1n) is 5.60. The summed E-state index contributed by atoms with van der Waals surface area (Å²) in [5.74, 6) is 0.584. The van der Waals surface area contributed by atoms with Crippen LogP contribution in [0, 0.1) is 12.7 Å². The molecule has 1 atom stereocenters. The van der Waals surface area contributed by atoms with Crippen LogP contribution >= 0.6 is 0 Å². The minimum absolute atomic E-state index is 0.0286. The number of benzene rings is 1. The highest BCUT2D eigenvalue weighted by Crippen LogP contribution is 2.18. The van der Waals surface area contributed by atoms with Crippen molar-refractivity contribution < 1.29 is 4.39 Å². The number of anilines is 1. The van der Waals surface area contributed by atoms with Gasteiger partial charge in [0.25, 0.3) is 0 Å². The van der Waals surface area contributed by atoms with Gasteiger partial charge in [0, 0.05) is 6.20 Å². The maximum Gasteiger partial charge on any atom is 0.126 e. The van der Waals surface area contributed by atoms with E-state index in [0.717, 1.165) is 16.9 Å². The van der Waals surface area contributed by atoms with E-state index < -0.39 is 0 Å². The number of nitrogens with zero attached hydrogens (tertiary/aromatic N) is 1. The summed E-state index contributed by atoms with van der Waals surface area (Å²) in [6.07, 6.45) is 1.81. The Bertz CT molecular complexity index is 494. The second kappa shape index (κ2) is 4.95. The van der Waals surface area contributed by atoms with Gasteiger partial charge in [-0.15, -0.1) is 0 Å². The van der Waals surface area contributed by atoms with E-state index in [1.165, 1.54) is 12.1 Å². The second-order valence-electron chi connectivity index (χ2n) is 4.14. The zero-order valence-corrected chi connectivity index (χ0v) is 9.94. The van der Waals surface area contributed by atoms with E-state index in [1.807, 2.05) is 32.0 Å². The molecule has 0 aliphatic rings. The molecule has 1 aromatic heterocycles. The van der Waals surface area contributed by atoms with E-state index in [4.69, 9.17) is 0 Å². The molecule has 0 saturated carbocycles. The van der Waals surface area contributed by atoms with E-state index in [0.29, 0.717) is 0 Å². The van der Waals surface area contributed by atoms with E-state index in [-0.39, 0.29) is 11.9 Å². The van der Waals surface area contributed by atoms with Crippen LogP contribution in [0.4, 0.5) is 10.2 Å². The molecule has 88 valence electrons. The molecule has 17 heavy (non-hydrogen) atoms. The van der Waals surface area contributed by atoms with Crippen LogP contribution in [0.25, 0.3) is 0 Å². The number of pyridine rings is 1. The lowest BCUT2D eigenvalue weighted by Crippen LogP contribution is -2.07. The van der Waals surface area contributed by atoms with Gasteiger partial charge in [-0.25, -0.2) is 9.37 Å². The number of halogens is 1. The predicted octanol–water partition coefficient (Wildman–Crippen LogP) is 3.70. The number of hydrogen-bond acceptors (Lipinski definition) is 2. The average molecular weight is 230 g/mol. The molecule has 0 amide bonds. The molecule has 0 spiro atoms. The minimum atomic E-state index is -0.215. The van der Waals surface area contributed by atoms with Gasteiger partial charge in [0.05, 0.1) is 6.04 Å². The highest BCUT2D eigenvalue weighted by atomic mass is 19.1. The Morgan fingerprint density at radius 1 is 1.24 bits per heavy atom. The molecule has 0 radical (unpaired) electrons. The molecule has 1 N–H and O–H groups in total. The second-order valence-corrected chi connectivity index (χ2v) is 4.14. The Morgan fingerprint density at radius 3 is 2.71 bits per heavy atom. The van der Waals surface area contributed by atoms with Crippen molar-refractivity contribution in [1.29, 1.82) is 0 Å². The number of aromatic nitrogens is 1. The molecule has 1 heterocycles. The fourth-order valence-electron chi connectivity index (χ4n) is 1.63. The first-order chi connectivity index (χ1) is 8.15. The lowest BCUT2D eigenvalue weighted by Gasteiger charge is -2.15. The van der Waals surface area contributed by atoms with Gasteiger partial charge >= 0.3 is 0 Å². The standard InChI is InChI=1S/C14H15FN2/c1-10-6-7-14(16-9-10)17-11(2)12-4-3-5-13(15)8-12/h3-9,11H,1-2H3,(H,16,17). The summed E-state index contributed by atoms with van der Waals surface area (Å²) in [4.78, 5) is 4.26. The van der Waals surface area contributed by atoms with Gasteiger partial charge in [0.15, 0.2) is 0 Å². The molecular weight excluding hydrogens is 215 g/mol. The lowest BCUT2D eigenvalue weighted by molar-refractivity contribution is 0.623. The van der Waals surface area contributed by atoms with Gasteiger partial charge in [0.2, 0.25) is 0 Å². The van der Waals surface area contributed by atoms with Crippen LogP contribution in [0.2, 0.25) is 0 Å². The third-order valence-corrected chi connectivity index (χ3v) is 2.62. The Balaban J connectivity index is 2.11. The number of aryl methyl sites for hydroxylation is 1. The topological polar surface area (TPSA) is 24.9 Å². The van der Waals surface area contributed by atoms with Crippen molar-refractivity contribution in [1.82, 2.24) is 4.98 Å². The van der Waals surface area contributed by atoms with Gasteiger partial charge in [-0.05, 0) is 43.2 Å². The van der Waals surface area contributed by atoms with Gasteiger partial charge in [0.1, 0.15) is 11.6 Å². The van der Waals surface area contributed by atoms with Crippen LogP contribution in [0.1, 0.15) is 24.1 Å². The number of nitrogens with one attached hydrogen (secondary N) is 1. The molecule has 1 aromatic carbocycles. The molecular formula is C14H15FN2. The van der Waals surface area contributed by atoms with Gasteiger partial charge in [-0.3, -0.25) is 0 Å². The van der Waals surface area contributed by atoms with Crippen LogP contribution < -0.4 is 5.32 Å². The van der Waals surface area contributed by atoms with E-state index in [9.17, 15) is 4.39 Å². The zero-order valence-electron chi connectivity index (χ0n) is 9.94. The largest absolute Gasteiger partial charge is 0.364 e. The lowest BCUT2D eigenvalue weighted by atomic mass is 10.1. The van der Waals surface area contributed by atoms with Crippen LogP contribution in [-0.2, 0) is 0 Å². The maximum absolute atomic E-state index is 13.1. The van der Waals surface area contributed by atoms with Crippen LogP contribution in [0.3, 0.4) is 0 Å². The molecule has 0 aliphatic heterocycles. The van der Waals surface area contributed by atoms with E-state index in [1.54, 1.807) is 12.3 Å². The normalized spacial score (nSPS) is 12.2. The highest BCUT2D eigenvalue weighted by molar-refractivity contribution is 5.38. The van der Waals surface area contributed by atoms with Crippen molar-refractivity contribution in [3.63, 3.8) is 0 Å². The Labute approximate surface area is 101 Å². The Morgan fingerprint density at radius 2 is 2.06 bits per heavy atom. The fraction of sp³-hybridized carbons (Fsp3) is 0.214. The Kier molecular flexibility index (Phi) is 3.38. The molecule has 1 unspecified atom stereocenters. The van der Waals surface area contributed by atoms with Crippen molar-refractivity contribution in [3.05, 3.63) is 59.5 Å². The summed E-state index contributed by atoms with van der Waals surface area (Å²) in [6.45, 7) is 3.98. The molecule has 3 heteroatoms. The molecule has 0 saturated heterocycles. The smallest absolute Gasteiger partial charge is 0.126 e. The van der Waals surface area contributed by atoms with E-state index in [2.05, 4.69) is 10.3 Å². The van der Waals surface area contributed by atoms with Crippen molar-refractivity contribution in [2.24, 2.45) is 0 Å². The summed E-state index contributed by atoms with van der Waals surface area (Å²) < 4.78 is 13.1. The third kappa shape index (κ3) is 3.03. The Hall–Kier alpha value is -1.90. The third-order valence-electron chi connectivity index (χ3n) is 2.62. The summed E-state index contributed by atoms with van der Waals surface area (Å²) in [7, 11) is 0. The SMILES string of the molecule is Cc1ccc(NC(C)c2cccc(F)c2)nc1. The van der Waals surface area contributed by atoms with Gasteiger partial charge in [-0.2, -0.15) is 0 Å². The van der Waals surface area contributed by atoms with E-state index >= 15 is 0 Å². The average Bonchev–Trinajstić information content (AvgIpc) is 2.32. The quantitative estimate of drug-likeness (QED) is 0.869. The predicted molar refractivity (Wildman–Crippen MR) is 67.4 cm³/mol. The van der Waals surface area contributed by atoms with Crippen LogP contribution in [0.15, 0.2) is 42.6 Å². The summed E-state index contributed by atoms with van der Waals surface area (Å²) >= 11 is 0. The van der Waals surface area contributed by atoms with Crippen molar-refractivity contribution in [2.75, 3.05) is 5.32 Å². The van der Waals surface area contributed by atoms with Crippen LogP contribution in [0.5, 0.6) is 0 Å². The summed E-state index contributed by atoms with van der Waals surface area (Å²) in [5.41, 5.74) is 2.03. The minimum Gasteiger partial charge on any atom is -0.364 e. The first kappa shape index (κ1) is 11.6. The maximum atomic E-state index is 13.1. The fourth-order valence-corrected chi connectivity index (χ4v) is 1.63. The molecule has 2 rings (SSSR count). The monoisotopic (exact) mass is 230 g/mol.